The Balaban J connectivity index is 2.11. The highest BCUT2D eigenvalue weighted by atomic mass is 15.1. The maximum atomic E-state index is 4.28. The van der Waals surface area contributed by atoms with Crippen molar-refractivity contribution in [2.45, 2.75) is 13.0 Å². The monoisotopic (exact) mass is 202 g/mol. The highest BCUT2D eigenvalue weighted by Gasteiger charge is 2.09. The summed E-state index contributed by atoms with van der Waals surface area (Å²) in [6, 6.07) is 5.95. The molecule has 0 spiro atoms. The molecule has 0 saturated carbocycles. The van der Waals surface area contributed by atoms with Crippen molar-refractivity contribution in [3.63, 3.8) is 0 Å². The normalized spacial score (nSPS) is 12.4. The Kier molecular flexibility index (Phi) is 2.67. The molecule has 0 radical (unpaired) electrons. The van der Waals surface area contributed by atoms with Gasteiger partial charge in [0.1, 0.15) is 11.6 Å². The van der Waals surface area contributed by atoms with E-state index in [-0.39, 0.29) is 6.04 Å². The number of nitrogens with one attached hydrogen (secondary N) is 1. The Morgan fingerprint density at radius 2 is 2.13 bits per heavy atom. The van der Waals surface area contributed by atoms with Crippen molar-refractivity contribution in [3.8, 4) is 0 Å². The first kappa shape index (κ1) is 9.71. The van der Waals surface area contributed by atoms with Crippen LogP contribution in [-0.2, 0) is 7.05 Å². The molecule has 15 heavy (non-hydrogen) atoms. The van der Waals surface area contributed by atoms with Gasteiger partial charge in [-0.3, -0.25) is 0 Å². The number of pyridine rings is 1. The van der Waals surface area contributed by atoms with Gasteiger partial charge in [-0.25, -0.2) is 9.97 Å². The van der Waals surface area contributed by atoms with Gasteiger partial charge in [0.05, 0.1) is 6.04 Å². The third-order valence-corrected chi connectivity index (χ3v) is 2.28. The highest BCUT2D eigenvalue weighted by molar-refractivity contribution is 5.35. The number of hydrogen-bond donors (Lipinski definition) is 1. The van der Waals surface area contributed by atoms with Crippen LogP contribution in [0.5, 0.6) is 0 Å². The summed E-state index contributed by atoms with van der Waals surface area (Å²) in [5, 5.41) is 3.29. The summed E-state index contributed by atoms with van der Waals surface area (Å²) in [7, 11) is 1.99. The van der Waals surface area contributed by atoms with Crippen molar-refractivity contribution in [2.75, 3.05) is 5.32 Å². The molecule has 4 heteroatoms. The standard InChI is InChI=1S/C11H14N4/c1-9(11-13-7-8-15(11)2)14-10-5-3-4-6-12-10/h3-9H,1-2H3,(H,12,14). The van der Waals surface area contributed by atoms with E-state index in [1.54, 1.807) is 12.4 Å². The Labute approximate surface area is 89.0 Å². The molecular formula is C11H14N4. The molecule has 4 nitrogen and oxygen atoms in total. The van der Waals surface area contributed by atoms with E-state index < -0.39 is 0 Å². The quantitative estimate of drug-likeness (QED) is 0.827. The second-order valence-electron chi connectivity index (χ2n) is 3.48. The van der Waals surface area contributed by atoms with E-state index in [9.17, 15) is 0 Å². The predicted molar refractivity (Wildman–Crippen MR) is 59.5 cm³/mol. The number of anilines is 1. The fourth-order valence-electron chi connectivity index (χ4n) is 1.53. The van der Waals surface area contributed by atoms with E-state index in [1.165, 1.54) is 0 Å². The first-order valence-corrected chi connectivity index (χ1v) is 4.92. The van der Waals surface area contributed by atoms with Gasteiger partial charge in [-0.05, 0) is 19.1 Å². The van der Waals surface area contributed by atoms with Gasteiger partial charge >= 0.3 is 0 Å². The summed E-state index contributed by atoms with van der Waals surface area (Å²) in [6.45, 7) is 2.07. The molecule has 2 rings (SSSR count). The van der Waals surface area contributed by atoms with Crippen LogP contribution in [0.4, 0.5) is 5.82 Å². The average molecular weight is 202 g/mol. The summed E-state index contributed by atoms with van der Waals surface area (Å²) < 4.78 is 2.00. The molecule has 78 valence electrons. The fraction of sp³-hybridized carbons (Fsp3) is 0.273. The number of hydrogen-bond acceptors (Lipinski definition) is 3. The van der Waals surface area contributed by atoms with Gasteiger partial charge in [-0.2, -0.15) is 0 Å². The van der Waals surface area contributed by atoms with E-state index >= 15 is 0 Å². The van der Waals surface area contributed by atoms with Gasteiger partial charge in [0.2, 0.25) is 0 Å². The molecule has 1 unspecified atom stereocenters. The number of aromatic nitrogens is 3. The summed E-state index contributed by atoms with van der Waals surface area (Å²) >= 11 is 0. The topological polar surface area (TPSA) is 42.7 Å². The van der Waals surface area contributed by atoms with Crippen LogP contribution in [0.15, 0.2) is 36.8 Å². The van der Waals surface area contributed by atoms with Crippen LogP contribution in [0.1, 0.15) is 18.8 Å². The van der Waals surface area contributed by atoms with Crippen LogP contribution in [0.2, 0.25) is 0 Å². The molecule has 2 heterocycles. The van der Waals surface area contributed by atoms with Crippen LogP contribution >= 0.6 is 0 Å². The molecular weight excluding hydrogens is 188 g/mol. The number of imidazole rings is 1. The third kappa shape index (κ3) is 2.15. The molecule has 2 aromatic heterocycles. The van der Waals surface area contributed by atoms with Crippen LogP contribution in [0, 0.1) is 0 Å². The predicted octanol–water partition coefficient (Wildman–Crippen LogP) is 1.99. The van der Waals surface area contributed by atoms with Gasteiger partial charge in [-0.1, -0.05) is 6.07 Å². The van der Waals surface area contributed by atoms with Gasteiger partial charge in [0, 0.05) is 25.6 Å². The first-order chi connectivity index (χ1) is 7.27. The Morgan fingerprint density at radius 3 is 2.73 bits per heavy atom. The molecule has 2 aromatic rings. The van der Waals surface area contributed by atoms with Crippen molar-refractivity contribution in [1.82, 2.24) is 14.5 Å². The molecule has 0 aliphatic rings. The molecule has 0 bridgehead atoms. The Bertz CT molecular complexity index is 421. The van der Waals surface area contributed by atoms with Gasteiger partial charge in [-0.15, -0.1) is 0 Å². The van der Waals surface area contributed by atoms with Crippen molar-refractivity contribution < 1.29 is 0 Å². The lowest BCUT2D eigenvalue weighted by atomic mass is 10.3. The van der Waals surface area contributed by atoms with Crippen LogP contribution in [0.3, 0.4) is 0 Å². The van der Waals surface area contributed by atoms with E-state index in [4.69, 9.17) is 0 Å². The molecule has 1 N–H and O–H groups in total. The van der Waals surface area contributed by atoms with Gasteiger partial charge in [0.15, 0.2) is 0 Å². The maximum Gasteiger partial charge on any atom is 0.130 e. The third-order valence-electron chi connectivity index (χ3n) is 2.28. The van der Waals surface area contributed by atoms with E-state index in [2.05, 4.69) is 22.2 Å². The smallest absolute Gasteiger partial charge is 0.130 e. The summed E-state index contributed by atoms with van der Waals surface area (Å²) in [5.74, 6) is 1.87. The number of rotatable bonds is 3. The molecule has 0 aliphatic heterocycles. The zero-order valence-electron chi connectivity index (χ0n) is 8.88. The molecule has 0 fully saturated rings. The fourth-order valence-corrected chi connectivity index (χ4v) is 1.53. The largest absolute Gasteiger partial charge is 0.360 e. The van der Waals surface area contributed by atoms with Crippen molar-refractivity contribution >= 4 is 5.82 Å². The molecule has 0 saturated heterocycles. The first-order valence-electron chi connectivity index (χ1n) is 4.92. The lowest BCUT2D eigenvalue weighted by Crippen LogP contribution is -2.12. The molecule has 0 amide bonds. The van der Waals surface area contributed by atoms with Crippen molar-refractivity contribution in [1.29, 1.82) is 0 Å². The van der Waals surface area contributed by atoms with E-state index in [0.717, 1.165) is 11.6 Å². The maximum absolute atomic E-state index is 4.28. The Hall–Kier alpha value is -1.84. The van der Waals surface area contributed by atoms with Gasteiger partial charge < -0.3 is 9.88 Å². The molecule has 0 aromatic carbocycles. The minimum absolute atomic E-state index is 0.153. The van der Waals surface area contributed by atoms with Crippen molar-refractivity contribution in [3.05, 3.63) is 42.6 Å². The highest BCUT2D eigenvalue weighted by Crippen LogP contribution is 2.14. The summed E-state index contributed by atoms with van der Waals surface area (Å²) in [5.41, 5.74) is 0. The second-order valence-corrected chi connectivity index (χ2v) is 3.48. The van der Waals surface area contributed by atoms with E-state index in [0.29, 0.717) is 0 Å². The van der Waals surface area contributed by atoms with Crippen LogP contribution in [0.25, 0.3) is 0 Å². The SMILES string of the molecule is CC(Nc1ccccn1)c1nccn1C. The zero-order chi connectivity index (χ0) is 10.7. The van der Waals surface area contributed by atoms with Crippen molar-refractivity contribution in [2.24, 2.45) is 7.05 Å². The lowest BCUT2D eigenvalue weighted by Gasteiger charge is -2.13. The van der Waals surface area contributed by atoms with Crippen LogP contribution in [-0.4, -0.2) is 14.5 Å². The lowest BCUT2D eigenvalue weighted by molar-refractivity contribution is 0.719. The van der Waals surface area contributed by atoms with E-state index in [1.807, 2.05) is 36.0 Å². The van der Waals surface area contributed by atoms with Crippen LogP contribution < -0.4 is 5.32 Å². The summed E-state index contributed by atoms with van der Waals surface area (Å²) in [4.78, 5) is 8.49. The molecule has 1 atom stereocenters. The second kappa shape index (κ2) is 4.13. The minimum Gasteiger partial charge on any atom is -0.360 e. The minimum atomic E-state index is 0.153. The Morgan fingerprint density at radius 1 is 1.27 bits per heavy atom. The average Bonchev–Trinajstić information content (AvgIpc) is 2.66. The number of aryl methyl sites for hydroxylation is 1. The molecule has 0 aliphatic carbocycles. The zero-order valence-corrected chi connectivity index (χ0v) is 8.88. The summed E-state index contributed by atoms with van der Waals surface area (Å²) in [6.07, 6.45) is 5.51. The number of nitrogens with zero attached hydrogens (tertiary/aromatic N) is 3. The van der Waals surface area contributed by atoms with Gasteiger partial charge in [0.25, 0.3) is 0 Å².